The smallest absolute Gasteiger partial charge is 0.317 e. The molecule has 0 unspecified atom stereocenters. The molecule has 2 heterocycles. The summed E-state index contributed by atoms with van der Waals surface area (Å²) in [7, 11) is 0. The molecule has 2 atom stereocenters. The fraction of sp³-hybridized carbons (Fsp3) is 0.412. The van der Waals surface area contributed by atoms with Gasteiger partial charge in [0.1, 0.15) is 5.82 Å². The average molecular weight is 342 g/mol. The van der Waals surface area contributed by atoms with E-state index in [9.17, 15) is 9.59 Å². The molecule has 1 aromatic heterocycles. The second-order valence-corrected chi connectivity index (χ2v) is 6.44. The van der Waals surface area contributed by atoms with Crippen LogP contribution < -0.4 is 11.1 Å². The number of carbonyl (C=O) groups is 2. The van der Waals surface area contributed by atoms with Gasteiger partial charge in [0.25, 0.3) is 0 Å². The largest absolute Gasteiger partial charge is 0.369 e. The van der Waals surface area contributed by atoms with Crippen LogP contribution >= 0.6 is 0 Å². The first-order chi connectivity index (χ1) is 11.9. The predicted octanol–water partition coefficient (Wildman–Crippen LogP) is 0.832. The van der Waals surface area contributed by atoms with Crippen molar-refractivity contribution in [2.24, 2.45) is 11.7 Å². The van der Waals surface area contributed by atoms with E-state index >= 15 is 0 Å². The minimum atomic E-state index is -0.486. The molecule has 132 valence electrons. The fourth-order valence-corrected chi connectivity index (χ4v) is 3.04. The average Bonchev–Trinajstić information content (AvgIpc) is 3.20. The molecule has 0 saturated carbocycles. The number of aryl methyl sites for hydroxylation is 2. The Kier molecular flexibility index (Phi) is 4.69. The first-order valence-corrected chi connectivity index (χ1v) is 8.20. The molecule has 0 radical (unpaired) electrons. The van der Waals surface area contributed by atoms with Crippen LogP contribution in [0.2, 0.25) is 0 Å². The van der Waals surface area contributed by atoms with Crippen molar-refractivity contribution in [1.29, 1.82) is 0 Å². The molecule has 1 saturated heterocycles. The van der Waals surface area contributed by atoms with Gasteiger partial charge in [0.2, 0.25) is 5.91 Å². The number of carbonyl (C=O) groups excluding carboxylic acids is 2. The molecular weight excluding hydrogens is 320 g/mol. The van der Waals surface area contributed by atoms with Gasteiger partial charge in [-0.15, -0.1) is 0 Å². The Morgan fingerprint density at radius 1 is 1.28 bits per heavy atom. The number of hydrogen-bond donors (Lipinski definition) is 3. The van der Waals surface area contributed by atoms with E-state index in [1.165, 1.54) is 5.56 Å². The van der Waals surface area contributed by atoms with Crippen LogP contribution in [0.25, 0.3) is 0 Å². The summed E-state index contributed by atoms with van der Waals surface area (Å²) in [5.74, 6) is -0.0233. The van der Waals surface area contributed by atoms with Crippen LogP contribution in [0.15, 0.2) is 24.3 Å². The molecule has 8 heteroatoms. The highest BCUT2D eigenvalue weighted by atomic mass is 16.2. The van der Waals surface area contributed by atoms with Crippen LogP contribution in [0.1, 0.15) is 28.7 Å². The summed E-state index contributed by atoms with van der Waals surface area (Å²) in [6.45, 7) is 4.87. The highest BCUT2D eigenvalue weighted by Crippen LogP contribution is 2.30. The van der Waals surface area contributed by atoms with Crippen molar-refractivity contribution in [2.45, 2.75) is 26.3 Å². The minimum Gasteiger partial charge on any atom is -0.369 e. The maximum absolute atomic E-state index is 12.4. The number of primary amides is 1. The van der Waals surface area contributed by atoms with E-state index in [0.29, 0.717) is 24.7 Å². The number of amides is 3. The van der Waals surface area contributed by atoms with E-state index in [2.05, 4.69) is 20.5 Å². The van der Waals surface area contributed by atoms with E-state index in [-0.39, 0.29) is 18.5 Å². The first kappa shape index (κ1) is 16.9. The molecule has 0 aliphatic carbocycles. The number of nitrogens with two attached hydrogens (primary N) is 1. The van der Waals surface area contributed by atoms with Crippen LogP contribution in [-0.2, 0) is 11.3 Å². The SMILES string of the molecule is Cc1ccc(CNC(=O)N2C[C@@H](C(N)=O)[C@H](c3n[nH]c(C)n3)C2)cc1. The number of aromatic amines is 1. The highest BCUT2D eigenvalue weighted by Gasteiger charge is 2.41. The number of nitrogens with zero attached hydrogens (tertiary/aromatic N) is 3. The Bertz CT molecular complexity index is 770. The Balaban J connectivity index is 1.65. The van der Waals surface area contributed by atoms with Crippen LogP contribution in [-0.4, -0.2) is 45.1 Å². The summed E-state index contributed by atoms with van der Waals surface area (Å²) in [5.41, 5.74) is 7.70. The zero-order valence-electron chi connectivity index (χ0n) is 14.3. The first-order valence-electron chi connectivity index (χ1n) is 8.20. The van der Waals surface area contributed by atoms with Gasteiger partial charge in [-0.05, 0) is 19.4 Å². The van der Waals surface area contributed by atoms with E-state index in [1.54, 1.807) is 11.8 Å². The van der Waals surface area contributed by atoms with Crippen LogP contribution in [0, 0.1) is 19.8 Å². The topological polar surface area (TPSA) is 117 Å². The number of nitrogens with one attached hydrogen (secondary N) is 2. The lowest BCUT2D eigenvalue weighted by Gasteiger charge is -2.17. The molecular formula is C17H22N6O2. The molecule has 1 aliphatic rings. The summed E-state index contributed by atoms with van der Waals surface area (Å²) >= 11 is 0. The predicted molar refractivity (Wildman–Crippen MR) is 91.5 cm³/mol. The zero-order valence-corrected chi connectivity index (χ0v) is 14.3. The van der Waals surface area contributed by atoms with E-state index in [1.807, 2.05) is 31.2 Å². The van der Waals surface area contributed by atoms with Gasteiger partial charge < -0.3 is 16.0 Å². The number of aromatic nitrogens is 3. The maximum atomic E-state index is 12.4. The van der Waals surface area contributed by atoms with Gasteiger partial charge in [-0.3, -0.25) is 9.89 Å². The van der Waals surface area contributed by atoms with Gasteiger partial charge in [0.15, 0.2) is 5.82 Å². The van der Waals surface area contributed by atoms with Gasteiger partial charge in [-0.1, -0.05) is 29.8 Å². The number of hydrogen-bond acceptors (Lipinski definition) is 4. The zero-order chi connectivity index (χ0) is 18.0. The molecule has 0 spiro atoms. The van der Waals surface area contributed by atoms with Crippen molar-refractivity contribution in [1.82, 2.24) is 25.4 Å². The highest BCUT2D eigenvalue weighted by molar-refractivity contribution is 5.81. The molecule has 1 aromatic carbocycles. The molecule has 3 rings (SSSR count). The molecule has 1 aliphatic heterocycles. The molecule has 3 amide bonds. The van der Waals surface area contributed by atoms with Crippen molar-refractivity contribution in [3.8, 4) is 0 Å². The quantitative estimate of drug-likeness (QED) is 0.763. The number of urea groups is 1. The second-order valence-electron chi connectivity index (χ2n) is 6.44. The number of H-pyrrole nitrogens is 1. The molecule has 2 aromatic rings. The van der Waals surface area contributed by atoms with Crippen molar-refractivity contribution in [2.75, 3.05) is 13.1 Å². The number of rotatable bonds is 4. The van der Waals surface area contributed by atoms with Crippen molar-refractivity contribution in [3.63, 3.8) is 0 Å². The Hall–Kier alpha value is -2.90. The third-order valence-corrected chi connectivity index (χ3v) is 4.48. The summed E-state index contributed by atoms with van der Waals surface area (Å²) < 4.78 is 0. The van der Waals surface area contributed by atoms with Gasteiger partial charge in [-0.2, -0.15) is 5.10 Å². The summed E-state index contributed by atoms with van der Waals surface area (Å²) in [6, 6.07) is 7.74. The van der Waals surface area contributed by atoms with Crippen LogP contribution in [0.3, 0.4) is 0 Å². The lowest BCUT2D eigenvalue weighted by molar-refractivity contribution is -0.121. The van der Waals surface area contributed by atoms with Crippen LogP contribution in [0.4, 0.5) is 4.79 Å². The Morgan fingerprint density at radius 3 is 2.60 bits per heavy atom. The van der Waals surface area contributed by atoms with Gasteiger partial charge in [0, 0.05) is 19.6 Å². The Labute approximate surface area is 145 Å². The third kappa shape index (κ3) is 3.78. The van der Waals surface area contributed by atoms with Gasteiger partial charge in [-0.25, -0.2) is 9.78 Å². The maximum Gasteiger partial charge on any atom is 0.317 e. The second kappa shape index (κ2) is 6.92. The fourth-order valence-electron chi connectivity index (χ4n) is 3.04. The summed E-state index contributed by atoms with van der Waals surface area (Å²) in [6.07, 6.45) is 0. The van der Waals surface area contributed by atoms with E-state index in [4.69, 9.17) is 5.73 Å². The molecule has 8 nitrogen and oxygen atoms in total. The van der Waals surface area contributed by atoms with E-state index < -0.39 is 11.8 Å². The molecule has 25 heavy (non-hydrogen) atoms. The molecule has 4 N–H and O–H groups in total. The summed E-state index contributed by atoms with van der Waals surface area (Å²) in [5, 5.41) is 9.77. The monoisotopic (exact) mass is 342 g/mol. The van der Waals surface area contributed by atoms with E-state index in [0.717, 1.165) is 5.56 Å². The molecule has 1 fully saturated rings. The standard InChI is InChI=1S/C17H22N6O2/c1-10-3-5-12(6-4-10)7-19-17(25)23-8-13(15(18)24)14(9-23)16-20-11(2)21-22-16/h3-6,13-14H,7-9H2,1-2H3,(H2,18,24)(H,19,25)(H,20,21,22)/t13-,14-/m1/s1. The van der Waals surface area contributed by atoms with Crippen LogP contribution in [0.5, 0.6) is 0 Å². The Morgan fingerprint density at radius 2 is 2.00 bits per heavy atom. The molecule has 0 bridgehead atoms. The normalized spacial score (nSPS) is 19.8. The lowest BCUT2D eigenvalue weighted by Crippen LogP contribution is -2.39. The number of likely N-dealkylation sites (tertiary alicyclic amines) is 1. The van der Waals surface area contributed by atoms with Crippen molar-refractivity contribution < 1.29 is 9.59 Å². The van der Waals surface area contributed by atoms with Gasteiger partial charge in [0.05, 0.1) is 11.8 Å². The van der Waals surface area contributed by atoms with Crippen molar-refractivity contribution >= 4 is 11.9 Å². The lowest BCUT2D eigenvalue weighted by atomic mass is 9.95. The van der Waals surface area contributed by atoms with Gasteiger partial charge >= 0.3 is 6.03 Å². The number of benzene rings is 1. The minimum absolute atomic E-state index is 0.221. The van der Waals surface area contributed by atoms with Crippen molar-refractivity contribution in [3.05, 3.63) is 47.0 Å². The third-order valence-electron chi connectivity index (χ3n) is 4.48. The summed E-state index contributed by atoms with van der Waals surface area (Å²) in [4.78, 5) is 30.1.